The SMILES string of the molecule is C=CCOC(=O)NCC1C[C@H](CNC)C(C)C(OC(C)=O)O1. The Kier molecular flexibility index (Phi) is 7.90. The van der Waals surface area contributed by atoms with Gasteiger partial charge in [0.25, 0.3) is 0 Å². The first kappa shape index (κ1) is 18.4. The lowest BCUT2D eigenvalue weighted by Gasteiger charge is -2.39. The summed E-state index contributed by atoms with van der Waals surface area (Å²) < 4.78 is 15.9. The molecule has 0 aromatic heterocycles. The van der Waals surface area contributed by atoms with Gasteiger partial charge in [0.15, 0.2) is 0 Å². The van der Waals surface area contributed by atoms with Gasteiger partial charge in [-0.15, -0.1) is 0 Å². The van der Waals surface area contributed by atoms with Gasteiger partial charge >= 0.3 is 12.1 Å². The Labute approximate surface area is 131 Å². The van der Waals surface area contributed by atoms with Crippen LogP contribution >= 0.6 is 0 Å². The maximum atomic E-state index is 11.4. The van der Waals surface area contributed by atoms with Crippen LogP contribution in [0.2, 0.25) is 0 Å². The Bertz CT molecular complexity index is 388. The zero-order valence-corrected chi connectivity index (χ0v) is 13.5. The van der Waals surface area contributed by atoms with Crippen LogP contribution in [0.1, 0.15) is 20.3 Å². The number of carbonyl (C=O) groups is 2. The summed E-state index contributed by atoms with van der Waals surface area (Å²) in [5.41, 5.74) is 0. The lowest BCUT2D eigenvalue weighted by molar-refractivity contribution is -0.226. The highest BCUT2D eigenvalue weighted by Gasteiger charge is 2.37. The predicted octanol–water partition coefficient (Wildman–Crippen LogP) is 1.05. The molecule has 1 aliphatic heterocycles. The Morgan fingerprint density at radius 1 is 1.41 bits per heavy atom. The van der Waals surface area contributed by atoms with Crippen LogP contribution in [0.3, 0.4) is 0 Å². The highest BCUT2D eigenvalue weighted by molar-refractivity contribution is 5.67. The van der Waals surface area contributed by atoms with Gasteiger partial charge in [-0.2, -0.15) is 0 Å². The summed E-state index contributed by atoms with van der Waals surface area (Å²) in [4.78, 5) is 22.6. The number of ether oxygens (including phenoxy) is 3. The molecule has 126 valence electrons. The first-order chi connectivity index (χ1) is 10.5. The van der Waals surface area contributed by atoms with E-state index < -0.39 is 12.4 Å². The third kappa shape index (κ3) is 6.03. The molecule has 1 saturated heterocycles. The molecule has 1 amide bonds. The van der Waals surface area contributed by atoms with E-state index in [9.17, 15) is 9.59 Å². The fourth-order valence-corrected chi connectivity index (χ4v) is 2.49. The van der Waals surface area contributed by atoms with E-state index >= 15 is 0 Å². The van der Waals surface area contributed by atoms with E-state index in [-0.39, 0.29) is 24.6 Å². The molecule has 0 saturated carbocycles. The topological polar surface area (TPSA) is 85.9 Å². The van der Waals surface area contributed by atoms with Gasteiger partial charge in [0.05, 0.1) is 6.10 Å². The number of alkyl carbamates (subject to hydrolysis) is 1. The third-order valence-electron chi connectivity index (χ3n) is 3.62. The van der Waals surface area contributed by atoms with Crippen molar-refractivity contribution >= 4 is 12.1 Å². The van der Waals surface area contributed by atoms with E-state index in [0.717, 1.165) is 13.0 Å². The standard InChI is InChI=1S/C15H26N2O5/c1-5-6-20-15(19)17-9-13-7-12(8-16-4)10(2)14(22-13)21-11(3)18/h5,10,12-14,16H,1,6-9H2,2-4H3,(H,17,19)/t10?,12-,13?,14?/m1/s1. The molecule has 2 N–H and O–H groups in total. The molecule has 7 heteroatoms. The van der Waals surface area contributed by atoms with Crippen LogP contribution in [0.15, 0.2) is 12.7 Å². The van der Waals surface area contributed by atoms with E-state index in [1.807, 2.05) is 14.0 Å². The van der Waals surface area contributed by atoms with Gasteiger partial charge < -0.3 is 24.8 Å². The normalized spacial score (nSPS) is 27.8. The highest BCUT2D eigenvalue weighted by Crippen LogP contribution is 2.30. The monoisotopic (exact) mass is 314 g/mol. The predicted molar refractivity (Wildman–Crippen MR) is 81.2 cm³/mol. The second-order valence-electron chi connectivity index (χ2n) is 5.42. The summed E-state index contributed by atoms with van der Waals surface area (Å²) in [6.45, 7) is 8.09. The van der Waals surface area contributed by atoms with Gasteiger partial charge in [-0.1, -0.05) is 19.6 Å². The first-order valence-corrected chi connectivity index (χ1v) is 7.46. The maximum Gasteiger partial charge on any atom is 0.407 e. The van der Waals surface area contributed by atoms with Gasteiger partial charge in [0.2, 0.25) is 6.29 Å². The van der Waals surface area contributed by atoms with Gasteiger partial charge in [-0.3, -0.25) is 4.79 Å². The number of hydrogen-bond donors (Lipinski definition) is 2. The van der Waals surface area contributed by atoms with E-state index in [1.165, 1.54) is 13.0 Å². The largest absolute Gasteiger partial charge is 0.445 e. The maximum absolute atomic E-state index is 11.4. The van der Waals surface area contributed by atoms with Crippen LogP contribution in [-0.2, 0) is 19.0 Å². The Morgan fingerprint density at radius 3 is 2.73 bits per heavy atom. The minimum atomic E-state index is -0.597. The van der Waals surface area contributed by atoms with Crippen molar-refractivity contribution in [2.75, 3.05) is 26.7 Å². The van der Waals surface area contributed by atoms with Gasteiger partial charge in [0.1, 0.15) is 6.61 Å². The highest BCUT2D eigenvalue weighted by atomic mass is 16.7. The summed E-state index contributed by atoms with van der Waals surface area (Å²) in [7, 11) is 1.88. The van der Waals surface area contributed by atoms with Crippen LogP contribution < -0.4 is 10.6 Å². The molecule has 0 radical (unpaired) electrons. The average molecular weight is 314 g/mol. The molecule has 3 unspecified atom stereocenters. The summed E-state index contributed by atoms with van der Waals surface area (Å²) in [5, 5.41) is 5.78. The van der Waals surface area contributed by atoms with Gasteiger partial charge in [-0.25, -0.2) is 4.79 Å². The number of esters is 1. The summed E-state index contributed by atoms with van der Waals surface area (Å²) >= 11 is 0. The third-order valence-corrected chi connectivity index (χ3v) is 3.62. The van der Waals surface area contributed by atoms with Crippen LogP contribution in [0.4, 0.5) is 4.79 Å². The van der Waals surface area contributed by atoms with Crippen LogP contribution in [0.25, 0.3) is 0 Å². The number of carbonyl (C=O) groups excluding carboxylic acids is 2. The minimum Gasteiger partial charge on any atom is -0.445 e. The number of nitrogens with one attached hydrogen (secondary N) is 2. The van der Waals surface area contributed by atoms with E-state index in [1.54, 1.807) is 0 Å². The second-order valence-corrected chi connectivity index (χ2v) is 5.42. The summed E-state index contributed by atoms with van der Waals surface area (Å²) in [6.07, 6.45) is 0.923. The lowest BCUT2D eigenvalue weighted by atomic mass is 9.85. The second kappa shape index (κ2) is 9.42. The van der Waals surface area contributed by atoms with Crippen molar-refractivity contribution in [2.24, 2.45) is 11.8 Å². The van der Waals surface area contributed by atoms with Crippen molar-refractivity contribution in [3.8, 4) is 0 Å². The molecule has 0 aromatic rings. The van der Waals surface area contributed by atoms with E-state index in [2.05, 4.69) is 17.2 Å². The van der Waals surface area contributed by atoms with Gasteiger partial charge in [0, 0.05) is 19.4 Å². The van der Waals surface area contributed by atoms with Crippen molar-refractivity contribution in [3.05, 3.63) is 12.7 Å². The lowest BCUT2D eigenvalue weighted by Crippen LogP contribution is -2.48. The number of amides is 1. The van der Waals surface area contributed by atoms with Crippen molar-refractivity contribution in [2.45, 2.75) is 32.7 Å². The van der Waals surface area contributed by atoms with Crippen molar-refractivity contribution < 1.29 is 23.8 Å². The molecular formula is C15H26N2O5. The molecule has 22 heavy (non-hydrogen) atoms. The van der Waals surface area contributed by atoms with Gasteiger partial charge in [-0.05, 0) is 25.9 Å². The smallest absolute Gasteiger partial charge is 0.407 e. The molecule has 0 aromatic carbocycles. The van der Waals surface area contributed by atoms with Crippen molar-refractivity contribution in [1.82, 2.24) is 10.6 Å². The van der Waals surface area contributed by atoms with Crippen LogP contribution in [0, 0.1) is 11.8 Å². The molecule has 1 rings (SSSR count). The number of rotatable bonds is 7. The molecule has 1 aliphatic rings. The zero-order chi connectivity index (χ0) is 16.5. The molecular weight excluding hydrogens is 288 g/mol. The molecule has 1 fully saturated rings. The average Bonchev–Trinajstić information content (AvgIpc) is 2.47. The molecule has 4 atom stereocenters. The Hall–Kier alpha value is -1.60. The minimum absolute atomic E-state index is 0.0836. The van der Waals surface area contributed by atoms with Crippen LogP contribution in [-0.4, -0.2) is 51.2 Å². The van der Waals surface area contributed by atoms with Crippen molar-refractivity contribution in [3.63, 3.8) is 0 Å². The molecule has 7 nitrogen and oxygen atoms in total. The molecule has 0 bridgehead atoms. The summed E-state index contributed by atoms with van der Waals surface area (Å²) in [5.74, 6) is -0.00141. The number of hydrogen-bond acceptors (Lipinski definition) is 6. The zero-order valence-electron chi connectivity index (χ0n) is 13.5. The Balaban J connectivity index is 2.56. The van der Waals surface area contributed by atoms with E-state index in [4.69, 9.17) is 14.2 Å². The molecule has 1 heterocycles. The molecule has 0 aliphatic carbocycles. The fourth-order valence-electron chi connectivity index (χ4n) is 2.49. The summed E-state index contributed by atoms with van der Waals surface area (Å²) in [6, 6.07) is 0. The van der Waals surface area contributed by atoms with Crippen molar-refractivity contribution in [1.29, 1.82) is 0 Å². The first-order valence-electron chi connectivity index (χ1n) is 7.46. The fraction of sp³-hybridized carbons (Fsp3) is 0.733. The Morgan fingerprint density at radius 2 is 2.14 bits per heavy atom. The quantitative estimate of drug-likeness (QED) is 0.539. The van der Waals surface area contributed by atoms with Crippen LogP contribution in [0.5, 0.6) is 0 Å². The molecule has 0 spiro atoms. The van der Waals surface area contributed by atoms with E-state index in [0.29, 0.717) is 12.5 Å².